The number of thioether (sulfide) groups is 1. The van der Waals surface area contributed by atoms with Crippen molar-refractivity contribution in [3.8, 4) is 0 Å². The molecule has 0 fully saturated rings. The average molecular weight is 291 g/mol. The van der Waals surface area contributed by atoms with Crippen molar-refractivity contribution in [1.82, 2.24) is 5.32 Å². The van der Waals surface area contributed by atoms with E-state index in [0.717, 1.165) is 19.4 Å². The number of rotatable bonds is 8. The Bertz CT molecular complexity index is 340. The molecule has 0 bridgehead atoms. The van der Waals surface area contributed by atoms with Crippen LogP contribution in [-0.4, -0.2) is 17.8 Å². The number of nitrogens with one attached hydrogen (secondary N) is 1. The molecule has 0 aliphatic rings. The molecular formula is C14H20F3NS. The minimum absolute atomic E-state index is 0.0740. The van der Waals surface area contributed by atoms with Crippen molar-refractivity contribution in [2.45, 2.75) is 37.7 Å². The molecule has 1 aromatic rings. The molecule has 19 heavy (non-hydrogen) atoms. The summed E-state index contributed by atoms with van der Waals surface area (Å²) < 4.78 is 35.9. The van der Waals surface area contributed by atoms with Gasteiger partial charge in [-0.3, -0.25) is 0 Å². The highest BCUT2D eigenvalue weighted by Crippen LogP contribution is 2.31. The van der Waals surface area contributed by atoms with Gasteiger partial charge in [0.1, 0.15) is 0 Å². The third-order valence-electron chi connectivity index (χ3n) is 2.81. The molecule has 0 radical (unpaired) electrons. The molecule has 0 aromatic heterocycles. The maximum atomic E-state index is 12.0. The Labute approximate surface area is 117 Å². The Morgan fingerprint density at radius 2 is 1.84 bits per heavy atom. The van der Waals surface area contributed by atoms with Gasteiger partial charge in [-0.15, -0.1) is 0 Å². The van der Waals surface area contributed by atoms with Crippen LogP contribution in [0.25, 0.3) is 0 Å². The van der Waals surface area contributed by atoms with E-state index in [1.165, 1.54) is 5.56 Å². The SMILES string of the molecule is CCNC(CCCCSC(F)(F)F)c1ccccc1. The predicted octanol–water partition coefficient (Wildman–Crippen LogP) is 4.76. The van der Waals surface area contributed by atoms with Crippen molar-refractivity contribution in [3.05, 3.63) is 35.9 Å². The molecule has 0 spiro atoms. The van der Waals surface area contributed by atoms with E-state index in [1.54, 1.807) is 0 Å². The van der Waals surface area contributed by atoms with E-state index in [1.807, 2.05) is 25.1 Å². The summed E-state index contributed by atoms with van der Waals surface area (Å²) in [4.78, 5) is 0. The van der Waals surface area contributed by atoms with E-state index >= 15 is 0 Å². The van der Waals surface area contributed by atoms with Crippen LogP contribution in [-0.2, 0) is 0 Å². The summed E-state index contributed by atoms with van der Waals surface area (Å²) in [5, 5.41) is 3.38. The molecule has 5 heteroatoms. The van der Waals surface area contributed by atoms with Crippen molar-refractivity contribution in [1.29, 1.82) is 0 Å². The zero-order valence-corrected chi connectivity index (χ0v) is 11.9. The first-order chi connectivity index (χ1) is 9.03. The smallest absolute Gasteiger partial charge is 0.310 e. The Morgan fingerprint density at radius 3 is 2.42 bits per heavy atom. The van der Waals surface area contributed by atoms with Gasteiger partial charge < -0.3 is 5.32 Å². The lowest BCUT2D eigenvalue weighted by molar-refractivity contribution is -0.0328. The Hall–Kier alpha value is -0.680. The molecule has 1 nitrogen and oxygen atoms in total. The van der Waals surface area contributed by atoms with E-state index in [0.29, 0.717) is 6.42 Å². The molecule has 1 N–H and O–H groups in total. The number of hydrogen-bond donors (Lipinski definition) is 1. The summed E-state index contributed by atoms with van der Waals surface area (Å²) in [5.41, 5.74) is -2.90. The fourth-order valence-corrected chi connectivity index (χ4v) is 2.54. The van der Waals surface area contributed by atoms with E-state index in [-0.39, 0.29) is 23.6 Å². The summed E-state index contributed by atoms with van der Waals surface area (Å²) in [7, 11) is 0. The number of alkyl halides is 3. The molecule has 1 atom stereocenters. The second-order valence-corrected chi connectivity index (χ2v) is 5.47. The van der Waals surface area contributed by atoms with Crippen molar-refractivity contribution in [2.24, 2.45) is 0 Å². The van der Waals surface area contributed by atoms with Gasteiger partial charge in [-0.1, -0.05) is 55.4 Å². The van der Waals surface area contributed by atoms with Gasteiger partial charge in [0.15, 0.2) is 0 Å². The fraction of sp³-hybridized carbons (Fsp3) is 0.571. The average Bonchev–Trinajstić information content (AvgIpc) is 2.37. The molecule has 1 rings (SSSR count). The number of benzene rings is 1. The molecule has 1 aromatic carbocycles. The first-order valence-electron chi connectivity index (χ1n) is 6.52. The second-order valence-electron chi connectivity index (χ2n) is 4.31. The fourth-order valence-electron chi connectivity index (χ4n) is 1.96. The molecule has 0 aliphatic heterocycles. The highest BCUT2D eigenvalue weighted by molar-refractivity contribution is 8.00. The lowest BCUT2D eigenvalue weighted by Gasteiger charge is -2.18. The Balaban J connectivity index is 2.31. The van der Waals surface area contributed by atoms with Crippen LogP contribution < -0.4 is 5.32 Å². The number of hydrogen-bond acceptors (Lipinski definition) is 2. The zero-order chi connectivity index (χ0) is 14.1. The predicted molar refractivity (Wildman–Crippen MR) is 75.2 cm³/mol. The first-order valence-corrected chi connectivity index (χ1v) is 7.50. The molecule has 108 valence electrons. The molecule has 0 saturated heterocycles. The Kier molecular flexibility index (Phi) is 7.31. The van der Waals surface area contributed by atoms with Crippen LogP contribution in [0.2, 0.25) is 0 Å². The van der Waals surface area contributed by atoms with Gasteiger partial charge in [0, 0.05) is 11.8 Å². The normalized spacial score (nSPS) is 13.5. The van der Waals surface area contributed by atoms with Gasteiger partial charge in [-0.2, -0.15) is 13.2 Å². The minimum atomic E-state index is -4.10. The van der Waals surface area contributed by atoms with Gasteiger partial charge in [0.2, 0.25) is 0 Å². The minimum Gasteiger partial charge on any atom is -0.310 e. The van der Waals surface area contributed by atoms with Gasteiger partial charge in [0.25, 0.3) is 0 Å². The van der Waals surface area contributed by atoms with Crippen LogP contribution in [0.4, 0.5) is 13.2 Å². The zero-order valence-electron chi connectivity index (χ0n) is 11.0. The summed E-state index contributed by atoms with van der Waals surface area (Å²) >= 11 is 0.0740. The maximum absolute atomic E-state index is 12.0. The lowest BCUT2D eigenvalue weighted by Crippen LogP contribution is -2.20. The molecule has 0 heterocycles. The van der Waals surface area contributed by atoms with Crippen LogP contribution in [0.5, 0.6) is 0 Å². The molecule has 0 saturated carbocycles. The van der Waals surface area contributed by atoms with Gasteiger partial charge in [0.05, 0.1) is 0 Å². The van der Waals surface area contributed by atoms with E-state index in [9.17, 15) is 13.2 Å². The van der Waals surface area contributed by atoms with Crippen LogP contribution in [0.3, 0.4) is 0 Å². The highest BCUT2D eigenvalue weighted by Gasteiger charge is 2.27. The van der Waals surface area contributed by atoms with Crippen LogP contribution in [0.15, 0.2) is 30.3 Å². The summed E-state index contributed by atoms with van der Waals surface area (Å²) in [6.07, 6.45) is 2.27. The van der Waals surface area contributed by atoms with E-state index < -0.39 is 5.51 Å². The highest BCUT2D eigenvalue weighted by atomic mass is 32.2. The molecule has 0 aliphatic carbocycles. The van der Waals surface area contributed by atoms with Crippen LogP contribution >= 0.6 is 11.8 Å². The molecular weight excluding hydrogens is 271 g/mol. The van der Waals surface area contributed by atoms with Crippen molar-refractivity contribution in [2.75, 3.05) is 12.3 Å². The van der Waals surface area contributed by atoms with Crippen molar-refractivity contribution in [3.63, 3.8) is 0 Å². The van der Waals surface area contributed by atoms with E-state index in [2.05, 4.69) is 17.4 Å². The van der Waals surface area contributed by atoms with Gasteiger partial charge in [-0.05, 0) is 24.9 Å². The first kappa shape index (κ1) is 16.4. The van der Waals surface area contributed by atoms with Crippen molar-refractivity contribution >= 4 is 11.8 Å². The standard InChI is InChI=1S/C14H20F3NS/c1-2-18-13(12-8-4-3-5-9-12)10-6-7-11-19-14(15,16)17/h3-5,8-9,13,18H,2,6-7,10-11H2,1H3. The summed E-state index contributed by atoms with van der Waals surface area (Å²) in [5.74, 6) is 0.150. The van der Waals surface area contributed by atoms with Crippen molar-refractivity contribution < 1.29 is 13.2 Å². The van der Waals surface area contributed by atoms with Crippen LogP contribution in [0.1, 0.15) is 37.8 Å². The second kappa shape index (κ2) is 8.48. The largest absolute Gasteiger partial charge is 0.441 e. The lowest BCUT2D eigenvalue weighted by atomic mass is 10.0. The summed E-state index contributed by atoms with van der Waals surface area (Å²) in [6, 6.07) is 10.3. The number of unbranched alkanes of at least 4 members (excludes halogenated alkanes) is 1. The van der Waals surface area contributed by atoms with E-state index in [4.69, 9.17) is 0 Å². The third kappa shape index (κ3) is 7.47. The molecule has 1 unspecified atom stereocenters. The third-order valence-corrected chi connectivity index (χ3v) is 3.63. The topological polar surface area (TPSA) is 12.0 Å². The quantitative estimate of drug-likeness (QED) is 0.693. The summed E-state index contributed by atoms with van der Waals surface area (Å²) in [6.45, 7) is 2.90. The molecule has 0 amide bonds. The maximum Gasteiger partial charge on any atom is 0.441 e. The number of halogens is 3. The van der Waals surface area contributed by atoms with Gasteiger partial charge in [-0.25, -0.2) is 0 Å². The Morgan fingerprint density at radius 1 is 1.16 bits per heavy atom. The monoisotopic (exact) mass is 291 g/mol. The van der Waals surface area contributed by atoms with Crippen LogP contribution in [0, 0.1) is 0 Å². The van der Waals surface area contributed by atoms with Gasteiger partial charge >= 0.3 is 5.51 Å².